The second kappa shape index (κ2) is 7.42. The van der Waals surface area contributed by atoms with Gasteiger partial charge in [0.1, 0.15) is 6.61 Å². The Kier molecular flexibility index (Phi) is 5.08. The molecule has 2 N–H and O–H groups in total. The topological polar surface area (TPSA) is 79.9 Å². The number of nitrogens with one attached hydrogen (secondary N) is 2. The van der Waals surface area contributed by atoms with Gasteiger partial charge in [0.15, 0.2) is 17.6 Å². The van der Waals surface area contributed by atoms with Crippen molar-refractivity contribution in [3.8, 4) is 11.5 Å². The van der Waals surface area contributed by atoms with Crippen LogP contribution in [0.1, 0.15) is 19.8 Å². The predicted molar refractivity (Wildman–Crippen MR) is 88.2 cm³/mol. The Balaban J connectivity index is 1.38. The zero-order valence-corrected chi connectivity index (χ0v) is 13.8. The molecule has 1 aromatic carbocycles. The fourth-order valence-corrected chi connectivity index (χ4v) is 2.95. The SMILES string of the molecule is CC(=O)N1CCC(NC(=O)NC[C@H]2COc3ccccc3O2)CC1. The van der Waals surface area contributed by atoms with Crippen LogP contribution in [-0.4, -0.2) is 55.2 Å². The average Bonchev–Trinajstić information content (AvgIpc) is 2.60. The first-order valence-corrected chi connectivity index (χ1v) is 8.30. The number of hydrogen-bond donors (Lipinski definition) is 2. The van der Waals surface area contributed by atoms with Crippen LogP contribution in [0.4, 0.5) is 4.79 Å². The molecule has 0 aromatic heterocycles. The number of amides is 3. The number of hydrogen-bond acceptors (Lipinski definition) is 4. The Morgan fingerprint density at radius 2 is 1.92 bits per heavy atom. The summed E-state index contributed by atoms with van der Waals surface area (Å²) in [5.41, 5.74) is 0. The molecule has 2 aliphatic heterocycles. The smallest absolute Gasteiger partial charge is 0.315 e. The molecule has 0 saturated carbocycles. The molecule has 1 atom stereocenters. The van der Waals surface area contributed by atoms with Gasteiger partial charge in [-0.05, 0) is 25.0 Å². The third kappa shape index (κ3) is 4.10. The molecule has 2 aliphatic rings. The Hall–Kier alpha value is -2.44. The predicted octanol–water partition coefficient (Wildman–Crippen LogP) is 1.14. The molecule has 3 rings (SSSR count). The number of carbonyl (C=O) groups is 2. The summed E-state index contributed by atoms with van der Waals surface area (Å²) in [5, 5.41) is 5.78. The summed E-state index contributed by atoms with van der Waals surface area (Å²) in [4.78, 5) is 25.1. The van der Waals surface area contributed by atoms with Gasteiger partial charge in [-0.15, -0.1) is 0 Å². The second-order valence-corrected chi connectivity index (χ2v) is 6.13. The highest BCUT2D eigenvalue weighted by atomic mass is 16.6. The number of piperidine rings is 1. The van der Waals surface area contributed by atoms with Crippen LogP contribution in [0.3, 0.4) is 0 Å². The van der Waals surface area contributed by atoms with E-state index >= 15 is 0 Å². The number of rotatable bonds is 3. The summed E-state index contributed by atoms with van der Waals surface area (Å²) < 4.78 is 11.4. The number of likely N-dealkylation sites (tertiary alicyclic amines) is 1. The molecule has 3 amide bonds. The minimum absolute atomic E-state index is 0.0904. The fourth-order valence-electron chi connectivity index (χ4n) is 2.95. The second-order valence-electron chi connectivity index (χ2n) is 6.13. The summed E-state index contributed by atoms with van der Waals surface area (Å²) in [6.07, 6.45) is 1.36. The van der Waals surface area contributed by atoms with Crippen LogP contribution in [0.5, 0.6) is 11.5 Å². The number of urea groups is 1. The molecular formula is C17H23N3O4. The standard InChI is InChI=1S/C17H23N3O4/c1-12(21)20-8-6-13(7-9-20)19-17(22)18-10-14-11-23-15-4-2-3-5-16(15)24-14/h2-5,13-14H,6-11H2,1H3,(H2,18,19,22)/t14-/m0/s1. The minimum Gasteiger partial charge on any atom is -0.486 e. The Labute approximate surface area is 141 Å². The van der Waals surface area contributed by atoms with E-state index in [-0.39, 0.29) is 24.1 Å². The summed E-state index contributed by atoms with van der Waals surface area (Å²) in [6, 6.07) is 7.39. The van der Waals surface area contributed by atoms with Crippen molar-refractivity contribution in [2.24, 2.45) is 0 Å². The molecule has 0 aliphatic carbocycles. The minimum atomic E-state index is -0.210. The maximum absolute atomic E-state index is 12.0. The van der Waals surface area contributed by atoms with E-state index in [1.807, 2.05) is 24.3 Å². The Bertz CT molecular complexity index is 599. The van der Waals surface area contributed by atoms with E-state index in [1.54, 1.807) is 11.8 Å². The quantitative estimate of drug-likeness (QED) is 0.869. The van der Waals surface area contributed by atoms with Crippen LogP contribution in [-0.2, 0) is 4.79 Å². The highest BCUT2D eigenvalue weighted by molar-refractivity contribution is 5.75. The van der Waals surface area contributed by atoms with Crippen molar-refractivity contribution in [1.82, 2.24) is 15.5 Å². The lowest BCUT2D eigenvalue weighted by Gasteiger charge is -2.32. The molecule has 1 aromatic rings. The van der Waals surface area contributed by atoms with Gasteiger partial charge in [0.05, 0.1) is 6.54 Å². The van der Waals surface area contributed by atoms with Crippen molar-refractivity contribution in [1.29, 1.82) is 0 Å². The van der Waals surface area contributed by atoms with Crippen molar-refractivity contribution >= 4 is 11.9 Å². The van der Waals surface area contributed by atoms with E-state index in [4.69, 9.17) is 9.47 Å². The zero-order valence-electron chi connectivity index (χ0n) is 13.8. The molecule has 2 heterocycles. The Morgan fingerprint density at radius 3 is 2.62 bits per heavy atom. The van der Waals surface area contributed by atoms with E-state index < -0.39 is 0 Å². The van der Waals surface area contributed by atoms with Gasteiger partial charge in [-0.1, -0.05) is 12.1 Å². The van der Waals surface area contributed by atoms with E-state index in [9.17, 15) is 9.59 Å². The van der Waals surface area contributed by atoms with Gasteiger partial charge in [-0.3, -0.25) is 4.79 Å². The summed E-state index contributed by atoms with van der Waals surface area (Å²) in [5.74, 6) is 1.52. The molecular weight excluding hydrogens is 310 g/mol. The summed E-state index contributed by atoms with van der Waals surface area (Å²) in [6.45, 7) is 3.75. The number of nitrogens with zero attached hydrogens (tertiary/aromatic N) is 1. The lowest BCUT2D eigenvalue weighted by molar-refractivity contribution is -0.129. The van der Waals surface area contributed by atoms with Crippen LogP contribution in [0.25, 0.3) is 0 Å². The number of fused-ring (bicyclic) bond motifs is 1. The molecule has 0 spiro atoms. The van der Waals surface area contributed by atoms with Crippen molar-refractivity contribution in [3.05, 3.63) is 24.3 Å². The number of carbonyl (C=O) groups excluding carboxylic acids is 2. The number of para-hydroxylation sites is 2. The maximum Gasteiger partial charge on any atom is 0.315 e. The molecule has 0 radical (unpaired) electrons. The molecule has 7 heteroatoms. The maximum atomic E-state index is 12.0. The van der Waals surface area contributed by atoms with Crippen LogP contribution < -0.4 is 20.1 Å². The van der Waals surface area contributed by atoms with Crippen LogP contribution in [0, 0.1) is 0 Å². The number of benzene rings is 1. The third-order valence-corrected chi connectivity index (χ3v) is 4.33. The molecule has 1 saturated heterocycles. The largest absolute Gasteiger partial charge is 0.486 e. The van der Waals surface area contributed by atoms with Crippen molar-refractivity contribution in [2.75, 3.05) is 26.2 Å². The lowest BCUT2D eigenvalue weighted by atomic mass is 10.1. The van der Waals surface area contributed by atoms with Gasteiger partial charge in [0.25, 0.3) is 0 Å². The van der Waals surface area contributed by atoms with E-state index in [0.717, 1.165) is 18.6 Å². The summed E-state index contributed by atoms with van der Waals surface area (Å²) in [7, 11) is 0. The molecule has 130 valence electrons. The molecule has 0 unspecified atom stereocenters. The van der Waals surface area contributed by atoms with Crippen LogP contribution >= 0.6 is 0 Å². The monoisotopic (exact) mass is 333 g/mol. The van der Waals surface area contributed by atoms with Crippen molar-refractivity contribution in [3.63, 3.8) is 0 Å². The normalized spacial score (nSPS) is 20.4. The highest BCUT2D eigenvalue weighted by Crippen LogP contribution is 2.30. The van der Waals surface area contributed by atoms with Gasteiger partial charge in [-0.2, -0.15) is 0 Å². The highest BCUT2D eigenvalue weighted by Gasteiger charge is 2.24. The van der Waals surface area contributed by atoms with E-state index in [2.05, 4.69) is 10.6 Å². The first-order valence-electron chi connectivity index (χ1n) is 8.30. The van der Waals surface area contributed by atoms with E-state index in [0.29, 0.717) is 32.0 Å². The first-order chi connectivity index (χ1) is 11.6. The molecule has 1 fully saturated rings. The van der Waals surface area contributed by atoms with Crippen LogP contribution in [0.15, 0.2) is 24.3 Å². The number of ether oxygens (including phenoxy) is 2. The zero-order chi connectivity index (χ0) is 16.9. The van der Waals surface area contributed by atoms with E-state index in [1.165, 1.54) is 0 Å². The van der Waals surface area contributed by atoms with Crippen molar-refractivity contribution in [2.45, 2.75) is 31.9 Å². The fraction of sp³-hybridized carbons (Fsp3) is 0.529. The molecule has 7 nitrogen and oxygen atoms in total. The summed E-state index contributed by atoms with van der Waals surface area (Å²) >= 11 is 0. The van der Waals surface area contributed by atoms with Gasteiger partial charge in [0.2, 0.25) is 5.91 Å². The van der Waals surface area contributed by atoms with Gasteiger partial charge < -0.3 is 25.0 Å². The van der Waals surface area contributed by atoms with Crippen LogP contribution in [0.2, 0.25) is 0 Å². The Morgan fingerprint density at radius 1 is 1.21 bits per heavy atom. The van der Waals surface area contributed by atoms with Gasteiger partial charge in [0, 0.05) is 26.1 Å². The first kappa shape index (κ1) is 16.4. The van der Waals surface area contributed by atoms with Gasteiger partial charge >= 0.3 is 6.03 Å². The third-order valence-electron chi connectivity index (χ3n) is 4.33. The van der Waals surface area contributed by atoms with Gasteiger partial charge in [-0.25, -0.2) is 4.79 Å². The molecule has 0 bridgehead atoms. The average molecular weight is 333 g/mol. The lowest BCUT2D eigenvalue weighted by Crippen LogP contribution is -2.50. The molecule has 24 heavy (non-hydrogen) atoms. The van der Waals surface area contributed by atoms with Crippen molar-refractivity contribution < 1.29 is 19.1 Å².